The third-order valence-corrected chi connectivity index (χ3v) is 4.47. The van der Waals surface area contributed by atoms with Gasteiger partial charge in [-0.15, -0.1) is 11.8 Å². The molecule has 0 atom stereocenters. The van der Waals surface area contributed by atoms with Gasteiger partial charge < -0.3 is 5.32 Å². The second-order valence-electron chi connectivity index (χ2n) is 5.28. The average Bonchev–Trinajstić information content (AvgIpc) is 2.43. The highest BCUT2D eigenvalue weighted by Gasteiger charge is 2.09. The Morgan fingerprint density at radius 2 is 1.81 bits per heavy atom. The van der Waals surface area contributed by atoms with Crippen LogP contribution in [0.5, 0.6) is 0 Å². The van der Waals surface area contributed by atoms with Gasteiger partial charge in [-0.3, -0.25) is 0 Å². The summed E-state index contributed by atoms with van der Waals surface area (Å²) in [6, 6.07) is 11.9. The van der Waals surface area contributed by atoms with Gasteiger partial charge in [-0.1, -0.05) is 42.3 Å². The zero-order valence-corrected chi connectivity index (χ0v) is 13.7. The molecule has 0 aliphatic rings. The van der Waals surface area contributed by atoms with Crippen LogP contribution in [0.15, 0.2) is 41.3 Å². The zero-order valence-electron chi connectivity index (χ0n) is 12.9. The van der Waals surface area contributed by atoms with Gasteiger partial charge >= 0.3 is 0 Å². The van der Waals surface area contributed by atoms with Crippen LogP contribution in [0, 0.1) is 19.7 Å². The van der Waals surface area contributed by atoms with Crippen LogP contribution < -0.4 is 5.32 Å². The van der Waals surface area contributed by atoms with E-state index in [1.807, 2.05) is 13.0 Å². The number of hydrogen-bond donors (Lipinski definition) is 1. The Morgan fingerprint density at radius 1 is 1.10 bits per heavy atom. The van der Waals surface area contributed by atoms with Gasteiger partial charge in [0, 0.05) is 22.8 Å². The van der Waals surface area contributed by atoms with Crippen molar-refractivity contribution in [3.8, 4) is 0 Å². The molecule has 0 aromatic heterocycles. The minimum absolute atomic E-state index is 0.124. The van der Waals surface area contributed by atoms with E-state index in [0.29, 0.717) is 6.54 Å². The Hall–Kier alpha value is -1.32. The lowest BCUT2D eigenvalue weighted by Gasteiger charge is -2.11. The summed E-state index contributed by atoms with van der Waals surface area (Å²) in [4.78, 5) is 1.02. The molecule has 3 heteroatoms. The van der Waals surface area contributed by atoms with Crippen molar-refractivity contribution in [3.05, 3.63) is 64.5 Å². The Bertz CT molecular complexity index is 590. The van der Waals surface area contributed by atoms with Gasteiger partial charge in [0.15, 0.2) is 0 Å². The Kier molecular flexibility index (Phi) is 5.83. The van der Waals surface area contributed by atoms with E-state index in [-0.39, 0.29) is 5.82 Å². The van der Waals surface area contributed by atoms with Crippen molar-refractivity contribution in [3.63, 3.8) is 0 Å². The molecule has 1 N–H and O–H groups in total. The molecule has 0 saturated heterocycles. The first-order valence-electron chi connectivity index (χ1n) is 7.28. The fraction of sp³-hybridized carbons (Fsp3) is 0.333. The zero-order chi connectivity index (χ0) is 15.2. The quantitative estimate of drug-likeness (QED) is 0.766. The van der Waals surface area contributed by atoms with Crippen LogP contribution in [0.3, 0.4) is 0 Å². The van der Waals surface area contributed by atoms with E-state index in [0.717, 1.165) is 22.8 Å². The summed E-state index contributed by atoms with van der Waals surface area (Å²) in [5.41, 5.74) is 4.61. The Balaban J connectivity index is 2.13. The van der Waals surface area contributed by atoms with E-state index < -0.39 is 0 Å². The maximum Gasteiger partial charge on any atom is 0.128 e. The molecular formula is C18H22FNS. The van der Waals surface area contributed by atoms with E-state index in [4.69, 9.17) is 0 Å². The van der Waals surface area contributed by atoms with Crippen molar-refractivity contribution in [1.29, 1.82) is 0 Å². The normalized spacial score (nSPS) is 10.9. The Labute approximate surface area is 131 Å². The van der Waals surface area contributed by atoms with Crippen molar-refractivity contribution in [2.24, 2.45) is 0 Å². The van der Waals surface area contributed by atoms with Crippen LogP contribution in [0.1, 0.15) is 29.2 Å². The number of benzene rings is 2. The van der Waals surface area contributed by atoms with E-state index in [1.54, 1.807) is 17.8 Å². The lowest BCUT2D eigenvalue weighted by Crippen LogP contribution is -2.13. The second kappa shape index (κ2) is 7.62. The summed E-state index contributed by atoms with van der Waals surface area (Å²) in [6.45, 7) is 7.68. The minimum atomic E-state index is -0.124. The number of rotatable bonds is 6. The molecule has 0 radical (unpaired) electrons. The van der Waals surface area contributed by atoms with Gasteiger partial charge in [-0.2, -0.15) is 0 Å². The first-order valence-corrected chi connectivity index (χ1v) is 8.26. The fourth-order valence-corrected chi connectivity index (χ4v) is 3.42. The van der Waals surface area contributed by atoms with E-state index in [2.05, 4.69) is 37.4 Å². The predicted octanol–water partition coefficient (Wildman–Crippen LogP) is 4.84. The number of aryl methyl sites for hydroxylation is 2. The maximum atomic E-state index is 14.0. The van der Waals surface area contributed by atoms with Crippen LogP contribution in [0.25, 0.3) is 0 Å². The van der Waals surface area contributed by atoms with Crippen molar-refractivity contribution >= 4 is 11.8 Å². The van der Waals surface area contributed by atoms with Gasteiger partial charge in [0.2, 0.25) is 0 Å². The Morgan fingerprint density at radius 3 is 2.48 bits per heavy atom. The van der Waals surface area contributed by atoms with Crippen molar-refractivity contribution < 1.29 is 4.39 Å². The monoisotopic (exact) mass is 303 g/mol. The van der Waals surface area contributed by atoms with Gasteiger partial charge in [-0.05, 0) is 38.1 Å². The number of nitrogens with one attached hydrogen (secondary N) is 1. The fourth-order valence-electron chi connectivity index (χ4n) is 2.41. The van der Waals surface area contributed by atoms with Crippen molar-refractivity contribution in [2.75, 3.05) is 6.54 Å². The van der Waals surface area contributed by atoms with E-state index in [1.165, 1.54) is 22.8 Å². The third-order valence-electron chi connectivity index (χ3n) is 3.30. The van der Waals surface area contributed by atoms with Crippen molar-refractivity contribution in [1.82, 2.24) is 5.32 Å². The summed E-state index contributed by atoms with van der Waals surface area (Å²) in [6.07, 6.45) is 0. The molecular weight excluding hydrogens is 281 g/mol. The van der Waals surface area contributed by atoms with Gasteiger partial charge in [0.05, 0.1) is 0 Å². The summed E-state index contributed by atoms with van der Waals surface area (Å²) >= 11 is 1.70. The molecule has 0 aliphatic carbocycles. The molecule has 1 nitrogen and oxygen atoms in total. The molecule has 21 heavy (non-hydrogen) atoms. The summed E-state index contributed by atoms with van der Waals surface area (Å²) < 4.78 is 14.0. The molecule has 0 saturated carbocycles. The van der Waals surface area contributed by atoms with Gasteiger partial charge in [-0.25, -0.2) is 4.39 Å². The van der Waals surface area contributed by atoms with E-state index in [9.17, 15) is 4.39 Å². The summed E-state index contributed by atoms with van der Waals surface area (Å²) in [7, 11) is 0. The third kappa shape index (κ3) is 4.58. The van der Waals surface area contributed by atoms with Gasteiger partial charge in [0.25, 0.3) is 0 Å². The molecule has 2 aromatic carbocycles. The highest BCUT2D eigenvalue weighted by atomic mass is 32.2. The SMILES string of the molecule is CCNCc1c(F)cccc1SCc1cc(C)cc(C)c1. The molecule has 0 amide bonds. The number of hydrogen-bond acceptors (Lipinski definition) is 2. The standard InChI is InChI=1S/C18H22FNS/c1-4-20-11-16-17(19)6-5-7-18(16)21-12-15-9-13(2)8-14(3)10-15/h5-10,20H,4,11-12H2,1-3H3. The van der Waals surface area contributed by atoms with Crippen LogP contribution in [0.4, 0.5) is 4.39 Å². The van der Waals surface area contributed by atoms with Crippen LogP contribution >= 0.6 is 11.8 Å². The van der Waals surface area contributed by atoms with Gasteiger partial charge in [0.1, 0.15) is 5.82 Å². The molecule has 0 fully saturated rings. The van der Waals surface area contributed by atoms with Crippen LogP contribution in [-0.4, -0.2) is 6.54 Å². The topological polar surface area (TPSA) is 12.0 Å². The largest absolute Gasteiger partial charge is 0.313 e. The molecule has 0 heterocycles. The minimum Gasteiger partial charge on any atom is -0.313 e. The molecule has 0 bridgehead atoms. The highest BCUT2D eigenvalue weighted by molar-refractivity contribution is 7.98. The lowest BCUT2D eigenvalue weighted by atomic mass is 10.1. The first kappa shape index (κ1) is 16.1. The molecule has 0 unspecified atom stereocenters. The number of thioether (sulfide) groups is 1. The highest BCUT2D eigenvalue weighted by Crippen LogP contribution is 2.28. The molecule has 0 aliphatic heterocycles. The average molecular weight is 303 g/mol. The van der Waals surface area contributed by atoms with Crippen LogP contribution in [-0.2, 0) is 12.3 Å². The molecule has 0 spiro atoms. The smallest absolute Gasteiger partial charge is 0.128 e. The van der Waals surface area contributed by atoms with Crippen LogP contribution in [0.2, 0.25) is 0 Å². The molecule has 2 aromatic rings. The molecule has 112 valence electrons. The first-order chi connectivity index (χ1) is 10.1. The predicted molar refractivity (Wildman–Crippen MR) is 89.3 cm³/mol. The molecule has 2 rings (SSSR count). The summed E-state index contributed by atoms with van der Waals surface area (Å²) in [5, 5.41) is 3.21. The van der Waals surface area contributed by atoms with E-state index >= 15 is 0 Å². The maximum absolute atomic E-state index is 14.0. The van der Waals surface area contributed by atoms with Crippen molar-refractivity contribution in [2.45, 2.75) is 38.0 Å². The lowest BCUT2D eigenvalue weighted by molar-refractivity contribution is 0.585. The summed E-state index contributed by atoms with van der Waals surface area (Å²) in [5.74, 6) is 0.742. The second-order valence-corrected chi connectivity index (χ2v) is 6.30. The number of halogens is 1.